The van der Waals surface area contributed by atoms with Gasteiger partial charge in [-0.2, -0.15) is 0 Å². The summed E-state index contributed by atoms with van der Waals surface area (Å²) in [5, 5.41) is 2.82. The highest BCUT2D eigenvalue weighted by atomic mass is 16.6. The molecule has 2 N–H and O–H groups in total. The number of fused-ring (bicyclic) bond motifs is 1. The molecule has 1 heterocycles. The third kappa shape index (κ3) is 5.87. The van der Waals surface area contributed by atoms with Gasteiger partial charge in [0.05, 0.1) is 20.7 Å². The number of carbonyl (C=O) groups is 2. The van der Waals surface area contributed by atoms with Crippen molar-refractivity contribution in [3.63, 3.8) is 0 Å². The van der Waals surface area contributed by atoms with Crippen molar-refractivity contribution in [2.24, 2.45) is 0 Å². The van der Waals surface area contributed by atoms with Crippen molar-refractivity contribution in [2.45, 2.75) is 6.10 Å². The second kappa shape index (κ2) is 9.98. The van der Waals surface area contributed by atoms with Crippen LogP contribution >= 0.6 is 0 Å². The Hall–Kier alpha value is -3.26. The fourth-order valence-corrected chi connectivity index (χ4v) is 3.17. The van der Waals surface area contributed by atoms with Gasteiger partial charge in [0.15, 0.2) is 30.7 Å². The summed E-state index contributed by atoms with van der Waals surface area (Å²) in [7, 11) is 5.14. The number of quaternary nitrogens is 1. The van der Waals surface area contributed by atoms with Crippen LogP contribution in [0.3, 0.4) is 0 Å². The molecule has 0 radical (unpaired) electrons. The molecule has 0 saturated carbocycles. The van der Waals surface area contributed by atoms with Gasteiger partial charge in [-0.15, -0.1) is 0 Å². The fraction of sp³-hybridized carbons (Fsp3) is 0.364. The minimum Gasteiger partial charge on any atom is -0.497 e. The van der Waals surface area contributed by atoms with E-state index in [1.165, 1.54) is 0 Å². The zero-order chi connectivity index (χ0) is 21.5. The summed E-state index contributed by atoms with van der Waals surface area (Å²) in [6.07, 6.45) is -0.229. The molecule has 8 nitrogen and oxygen atoms in total. The highest BCUT2D eigenvalue weighted by Crippen LogP contribution is 2.30. The molecule has 2 atom stereocenters. The highest BCUT2D eigenvalue weighted by molar-refractivity contribution is 5.91. The first-order valence-corrected chi connectivity index (χ1v) is 9.82. The van der Waals surface area contributed by atoms with Gasteiger partial charge >= 0.3 is 0 Å². The van der Waals surface area contributed by atoms with Crippen molar-refractivity contribution in [3.05, 3.63) is 48.5 Å². The summed E-state index contributed by atoms with van der Waals surface area (Å²) < 4.78 is 16.7. The summed E-state index contributed by atoms with van der Waals surface area (Å²) >= 11 is 0. The molecule has 0 saturated heterocycles. The smallest absolute Gasteiger partial charge is 0.279 e. The van der Waals surface area contributed by atoms with Gasteiger partial charge in [-0.3, -0.25) is 9.59 Å². The number of nitrogens with one attached hydrogen (secondary N) is 2. The molecule has 1 aliphatic heterocycles. The van der Waals surface area contributed by atoms with E-state index in [9.17, 15) is 9.59 Å². The zero-order valence-electron chi connectivity index (χ0n) is 17.5. The number of carbonyl (C=O) groups excluding carboxylic acids is 2. The summed E-state index contributed by atoms with van der Waals surface area (Å²) in [5.74, 6) is 1.91. The van der Waals surface area contributed by atoms with Crippen molar-refractivity contribution >= 4 is 17.5 Å². The summed E-state index contributed by atoms with van der Waals surface area (Å²) in [6, 6.07) is 14.6. The van der Waals surface area contributed by atoms with Gasteiger partial charge in [-0.25, -0.2) is 0 Å². The van der Waals surface area contributed by atoms with E-state index in [0.29, 0.717) is 24.6 Å². The van der Waals surface area contributed by atoms with Gasteiger partial charge in [0.1, 0.15) is 12.4 Å². The predicted octanol–water partition coefficient (Wildman–Crippen LogP) is 0.447. The standard InChI is InChI=1S/C22H27N3O5/c1-24(13-21(26)23-16-8-10-17(28-3)11-9-16)14-22(27)25(2)12-18-15-29-19-6-4-5-7-20(19)30-18/h4-11,18H,12-15H2,1-3H3,(H,23,26)/p+1/t18-/m1/s1. The van der Waals surface area contributed by atoms with Crippen LogP contribution < -0.4 is 24.4 Å². The Morgan fingerprint density at radius 1 is 1.13 bits per heavy atom. The average Bonchev–Trinajstić information content (AvgIpc) is 2.74. The summed E-state index contributed by atoms with van der Waals surface area (Å²) in [4.78, 5) is 27.2. The van der Waals surface area contributed by atoms with Gasteiger partial charge in [-0.1, -0.05) is 12.1 Å². The number of methoxy groups -OCH3 is 1. The largest absolute Gasteiger partial charge is 0.497 e. The van der Waals surface area contributed by atoms with Crippen molar-refractivity contribution in [1.82, 2.24) is 4.90 Å². The lowest BCUT2D eigenvalue weighted by atomic mass is 10.2. The van der Waals surface area contributed by atoms with E-state index in [1.54, 1.807) is 43.3 Å². The summed E-state index contributed by atoms with van der Waals surface area (Å²) in [5.41, 5.74) is 0.687. The Bertz CT molecular complexity index is 871. The van der Waals surface area contributed by atoms with E-state index in [4.69, 9.17) is 14.2 Å². The molecular formula is C22H28N3O5+. The molecule has 1 unspecified atom stereocenters. The third-order valence-electron chi connectivity index (χ3n) is 4.76. The lowest BCUT2D eigenvalue weighted by molar-refractivity contribution is -0.862. The Morgan fingerprint density at radius 2 is 1.83 bits per heavy atom. The number of amides is 2. The molecule has 30 heavy (non-hydrogen) atoms. The lowest BCUT2D eigenvalue weighted by Crippen LogP contribution is -3.11. The molecule has 160 valence electrons. The minimum atomic E-state index is -0.229. The number of nitrogens with zero attached hydrogens (tertiary/aromatic N) is 1. The normalized spacial score (nSPS) is 15.8. The van der Waals surface area contributed by atoms with Crippen LogP contribution in [-0.2, 0) is 9.59 Å². The number of para-hydroxylation sites is 2. The van der Waals surface area contributed by atoms with Crippen LogP contribution in [0.2, 0.25) is 0 Å². The van der Waals surface area contributed by atoms with Crippen molar-refractivity contribution < 1.29 is 28.7 Å². The number of rotatable bonds is 8. The van der Waals surface area contributed by atoms with Crippen LogP contribution in [-0.4, -0.2) is 70.3 Å². The minimum absolute atomic E-state index is 0.0628. The maximum atomic E-state index is 12.5. The third-order valence-corrected chi connectivity index (χ3v) is 4.76. The van der Waals surface area contributed by atoms with Crippen LogP contribution in [0.1, 0.15) is 0 Å². The molecule has 2 aromatic carbocycles. The van der Waals surface area contributed by atoms with Gasteiger partial charge in [0.2, 0.25) is 0 Å². The van der Waals surface area contributed by atoms with Crippen molar-refractivity contribution in [3.8, 4) is 17.2 Å². The Labute approximate surface area is 176 Å². The Morgan fingerprint density at radius 3 is 2.53 bits per heavy atom. The van der Waals surface area contributed by atoms with E-state index in [2.05, 4.69) is 5.32 Å². The van der Waals surface area contributed by atoms with Crippen LogP contribution in [0.15, 0.2) is 48.5 Å². The maximum Gasteiger partial charge on any atom is 0.279 e. The first-order chi connectivity index (χ1) is 14.4. The van der Waals surface area contributed by atoms with E-state index < -0.39 is 0 Å². The first-order valence-electron chi connectivity index (χ1n) is 9.82. The average molecular weight is 414 g/mol. The zero-order valence-corrected chi connectivity index (χ0v) is 17.5. The number of anilines is 1. The van der Waals surface area contributed by atoms with E-state index in [-0.39, 0.29) is 31.0 Å². The highest BCUT2D eigenvalue weighted by Gasteiger charge is 2.25. The molecule has 0 fully saturated rings. The number of ether oxygens (including phenoxy) is 3. The van der Waals surface area contributed by atoms with Gasteiger partial charge in [0, 0.05) is 12.7 Å². The predicted molar refractivity (Wildman–Crippen MR) is 112 cm³/mol. The number of hydrogen-bond donors (Lipinski definition) is 2. The SMILES string of the molecule is COc1ccc(NC(=O)C[NH+](C)CC(=O)N(C)C[C@@H]2COc3ccccc3O2)cc1. The molecule has 2 amide bonds. The molecular weight excluding hydrogens is 386 g/mol. The monoisotopic (exact) mass is 414 g/mol. The Kier molecular flexibility index (Phi) is 7.13. The quantitative estimate of drug-likeness (QED) is 0.656. The number of benzene rings is 2. The maximum absolute atomic E-state index is 12.5. The second-order valence-electron chi connectivity index (χ2n) is 7.36. The fourth-order valence-electron chi connectivity index (χ4n) is 3.17. The van der Waals surface area contributed by atoms with E-state index >= 15 is 0 Å². The van der Waals surface area contributed by atoms with Crippen molar-refractivity contribution in [2.75, 3.05) is 52.8 Å². The Balaban J connectivity index is 1.42. The molecule has 3 rings (SSSR count). The van der Waals surface area contributed by atoms with Crippen LogP contribution in [0, 0.1) is 0 Å². The topological polar surface area (TPSA) is 81.5 Å². The van der Waals surface area contributed by atoms with E-state index in [1.807, 2.05) is 31.3 Å². The summed E-state index contributed by atoms with van der Waals surface area (Å²) in [6.45, 7) is 1.19. The molecule has 1 aliphatic rings. The van der Waals surface area contributed by atoms with Crippen LogP contribution in [0.4, 0.5) is 5.69 Å². The molecule has 8 heteroatoms. The van der Waals surface area contributed by atoms with Gasteiger partial charge < -0.3 is 29.3 Å². The second-order valence-corrected chi connectivity index (χ2v) is 7.36. The van der Waals surface area contributed by atoms with Crippen LogP contribution in [0.25, 0.3) is 0 Å². The van der Waals surface area contributed by atoms with Gasteiger partial charge in [-0.05, 0) is 36.4 Å². The number of likely N-dealkylation sites (N-methyl/N-ethyl adjacent to an activating group) is 2. The van der Waals surface area contributed by atoms with E-state index in [0.717, 1.165) is 16.4 Å². The van der Waals surface area contributed by atoms with Crippen LogP contribution in [0.5, 0.6) is 17.2 Å². The lowest BCUT2D eigenvalue weighted by Gasteiger charge is -2.29. The molecule has 0 aromatic heterocycles. The van der Waals surface area contributed by atoms with Gasteiger partial charge in [0.25, 0.3) is 11.8 Å². The molecule has 0 spiro atoms. The molecule has 2 aromatic rings. The first kappa shape index (κ1) is 21.4. The van der Waals surface area contributed by atoms with Crippen molar-refractivity contribution in [1.29, 1.82) is 0 Å². The number of hydrogen-bond acceptors (Lipinski definition) is 5. The molecule has 0 bridgehead atoms. The molecule has 0 aliphatic carbocycles.